The highest BCUT2D eigenvalue weighted by Crippen LogP contribution is 2.23. The number of cyclic esters (lactones) is 2. The van der Waals surface area contributed by atoms with Crippen LogP contribution in [0.15, 0.2) is 0 Å². The van der Waals surface area contributed by atoms with E-state index in [1.165, 1.54) is 212 Å². The maximum atomic E-state index is 11.5. The van der Waals surface area contributed by atoms with Gasteiger partial charge in [-0.1, -0.05) is 225 Å². The fourth-order valence-corrected chi connectivity index (χ4v) is 6.86. The molecule has 0 aromatic rings. The molecular weight excluding hydrogens is 528 g/mol. The van der Waals surface area contributed by atoms with Gasteiger partial charge in [0.05, 0.1) is 12.3 Å². The van der Waals surface area contributed by atoms with Crippen molar-refractivity contribution in [2.45, 2.75) is 238 Å². The zero-order valence-corrected chi connectivity index (χ0v) is 29.3. The first-order chi connectivity index (χ1) is 21.2. The summed E-state index contributed by atoms with van der Waals surface area (Å²) in [6.45, 7) is 2.30. The third-order valence-corrected chi connectivity index (χ3v) is 9.87. The number of carbonyl (C=O) groups excluding carboxylic acids is 2. The first-order valence-corrected chi connectivity index (χ1v) is 20.0. The minimum atomic E-state index is -0.337. The van der Waals surface area contributed by atoms with Gasteiger partial charge in [0, 0.05) is 0 Å². The van der Waals surface area contributed by atoms with E-state index in [9.17, 15) is 9.59 Å². The molecule has 0 N–H and O–H groups in total. The predicted molar refractivity (Wildman–Crippen MR) is 186 cm³/mol. The van der Waals surface area contributed by atoms with Crippen LogP contribution in [0.5, 0.6) is 0 Å². The summed E-state index contributed by atoms with van der Waals surface area (Å²) in [7, 11) is 0. The molecule has 0 radical (unpaired) electrons. The summed E-state index contributed by atoms with van der Waals surface area (Å²) in [6, 6.07) is 0. The fraction of sp³-hybridized carbons (Fsp3) is 0.950. The Morgan fingerprint density at radius 2 is 0.628 bits per heavy atom. The zero-order valence-electron chi connectivity index (χ0n) is 29.3. The van der Waals surface area contributed by atoms with E-state index in [4.69, 9.17) is 0 Å². The number of unbranched alkanes of at least 4 members (excludes halogenated alkanes) is 33. The summed E-state index contributed by atoms with van der Waals surface area (Å²) in [5.74, 6) is -0.789. The first-order valence-electron chi connectivity index (χ1n) is 20.0. The monoisotopic (exact) mass is 605 g/mol. The van der Waals surface area contributed by atoms with Crippen LogP contribution in [-0.4, -0.2) is 11.9 Å². The molecule has 254 valence electrons. The molecule has 1 heterocycles. The van der Waals surface area contributed by atoms with Gasteiger partial charge in [-0.2, -0.15) is 0 Å². The molecule has 1 rings (SSSR count). The van der Waals surface area contributed by atoms with E-state index in [-0.39, 0.29) is 17.9 Å². The first kappa shape index (κ1) is 40.2. The number of esters is 2. The van der Waals surface area contributed by atoms with Gasteiger partial charge < -0.3 is 4.74 Å². The molecule has 3 nitrogen and oxygen atoms in total. The number of ether oxygens (including phenoxy) is 1. The molecule has 0 saturated carbocycles. The zero-order chi connectivity index (χ0) is 30.9. The number of hydrogen-bond acceptors (Lipinski definition) is 3. The van der Waals surface area contributed by atoms with E-state index >= 15 is 0 Å². The molecule has 1 aliphatic rings. The normalized spacial score (nSPS) is 15.0. The second-order valence-electron chi connectivity index (χ2n) is 14.2. The lowest BCUT2D eigenvalue weighted by Gasteiger charge is -2.05. The highest BCUT2D eigenvalue weighted by Gasteiger charge is 2.32. The highest BCUT2D eigenvalue weighted by atomic mass is 16.6. The van der Waals surface area contributed by atoms with Crippen LogP contribution in [0, 0.1) is 5.92 Å². The number of rotatable bonds is 35. The van der Waals surface area contributed by atoms with Crippen molar-refractivity contribution in [3.8, 4) is 0 Å². The Bertz CT molecular complexity index is 601. The van der Waals surface area contributed by atoms with Crippen molar-refractivity contribution in [1.82, 2.24) is 0 Å². The van der Waals surface area contributed by atoms with Crippen molar-refractivity contribution in [2.24, 2.45) is 5.92 Å². The molecule has 1 aliphatic heterocycles. The molecule has 0 amide bonds. The minimum absolute atomic E-state index is 0.157. The van der Waals surface area contributed by atoms with Crippen molar-refractivity contribution in [2.75, 3.05) is 0 Å². The number of hydrogen-bond donors (Lipinski definition) is 0. The van der Waals surface area contributed by atoms with Crippen LogP contribution >= 0.6 is 0 Å². The molecule has 0 bridgehead atoms. The summed E-state index contributed by atoms with van der Waals surface area (Å²) in [5, 5.41) is 0. The Morgan fingerprint density at radius 3 is 0.837 bits per heavy atom. The topological polar surface area (TPSA) is 43.4 Å². The van der Waals surface area contributed by atoms with Crippen LogP contribution in [0.4, 0.5) is 0 Å². The van der Waals surface area contributed by atoms with Crippen molar-refractivity contribution < 1.29 is 14.3 Å². The lowest BCUT2D eigenvalue weighted by atomic mass is 9.98. The van der Waals surface area contributed by atoms with Gasteiger partial charge in [0.15, 0.2) is 0 Å². The average Bonchev–Trinajstić information content (AvgIpc) is 3.33. The Hall–Kier alpha value is -0.860. The largest absolute Gasteiger partial charge is 0.393 e. The maximum absolute atomic E-state index is 11.5. The third-order valence-electron chi connectivity index (χ3n) is 9.87. The molecule has 0 aliphatic carbocycles. The molecular formula is C40H76O3. The Kier molecular flexibility index (Phi) is 30.4. The Labute approximate surface area is 269 Å². The summed E-state index contributed by atoms with van der Waals surface area (Å²) >= 11 is 0. The molecule has 0 aromatic heterocycles. The SMILES string of the molecule is CCCCCCCCCCCCCCCCCCCCCCCCCCCCCCCCCCCCC1CC(=O)OC1=O. The van der Waals surface area contributed by atoms with E-state index in [2.05, 4.69) is 11.7 Å². The third kappa shape index (κ3) is 28.4. The maximum Gasteiger partial charge on any atom is 0.317 e. The molecule has 0 aromatic carbocycles. The molecule has 43 heavy (non-hydrogen) atoms. The number of carbonyl (C=O) groups is 2. The van der Waals surface area contributed by atoms with E-state index in [0.717, 1.165) is 12.8 Å². The van der Waals surface area contributed by atoms with Gasteiger partial charge in [-0.05, 0) is 6.42 Å². The van der Waals surface area contributed by atoms with Gasteiger partial charge in [0.2, 0.25) is 0 Å². The van der Waals surface area contributed by atoms with Crippen LogP contribution in [0.1, 0.15) is 238 Å². The minimum Gasteiger partial charge on any atom is -0.393 e. The predicted octanol–water partition coefficient (Wildman–Crippen LogP) is 13.7. The van der Waals surface area contributed by atoms with Gasteiger partial charge in [-0.3, -0.25) is 9.59 Å². The van der Waals surface area contributed by atoms with E-state index < -0.39 is 0 Å². The molecule has 1 unspecified atom stereocenters. The van der Waals surface area contributed by atoms with Gasteiger partial charge in [0.1, 0.15) is 0 Å². The molecule has 1 saturated heterocycles. The van der Waals surface area contributed by atoms with E-state index in [0.29, 0.717) is 6.42 Å². The van der Waals surface area contributed by atoms with Gasteiger partial charge >= 0.3 is 11.9 Å². The average molecular weight is 605 g/mol. The van der Waals surface area contributed by atoms with Crippen molar-refractivity contribution >= 4 is 11.9 Å². The quantitative estimate of drug-likeness (QED) is 0.0410. The lowest BCUT2D eigenvalue weighted by Crippen LogP contribution is -2.06. The van der Waals surface area contributed by atoms with Crippen LogP contribution in [-0.2, 0) is 14.3 Å². The standard InChI is InChI=1S/C40H76O3/c1-2-3-4-5-6-7-8-9-10-11-12-13-14-15-16-17-18-19-20-21-22-23-24-25-26-27-28-29-30-31-32-33-34-35-36-38-37-39(41)43-40(38)42/h38H,2-37H2,1H3. The van der Waals surface area contributed by atoms with Crippen molar-refractivity contribution in [3.63, 3.8) is 0 Å². The summed E-state index contributed by atoms with van der Waals surface area (Å²) < 4.78 is 4.62. The van der Waals surface area contributed by atoms with Crippen LogP contribution in [0.3, 0.4) is 0 Å². The van der Waals surface area contributed by atoms with Crippen LogP contribution in [0.2, 0.25) is 0 Å². The van der Waals surface area contributed by atoms with Gasteiger partial charge in [-0.15, -0.1) is 0 Å². The Morgan fingerprint density at radius 1 is 0.395 bits per heavy atom. The second-order valence-corrected chi connectivity index (χ2v) is 14.2. The lowest BCUT2D eigenvalue weighted by molar-refractivity contribution is -0.153. The van der Waals surface area contributed by atoms with Crippen LogP contribution < -0.4 is 0 Å². The van der Waals surface area contributed by atoms with Gasteiger partial charge in [-0.25, -0.2) is 0 Å². The molecule has 1 atom stereocenters. The van der Waals surface area contributed by atoms with Crippen molar-refractivity contribution in [3.05, 3.63) is 0 Å². The Balaban J connectivity index is 1.62. The van der Waals surface area contributed by atoms with E-state index in [1.54, 1.807) is 0 Å². The smallest absolute Gasteiger partial charge is 0.317 e. The highest BCUT2D eigenvalue weighted by molar-refractivity contribution is 5.94. The van der Waals surface area contributed by atoms with E-state index in [1.807, 2.05) is 0 Å². The van der Waals surface area contributed by atoms with Crippen LogP contribution in [0.25, 0.3) is 0 Å². The molecule has 1 fully saturated rings. The summed E-state index contributed by atoms with van der Waals surface area (Å²) in [5.41, 5.74) is 0. The fourth-order valence-electron chi connectivity index (χ4n) is 6.86. The summed E-state index contributed by atoms with van der Waals surface area (Å²) in [4.78, 5) is 22.6. The second kappa shape index (κ2) is 32.5. The van der Waals surface area contributed by atoms with Gasteiger partial charge in [0.25, 0.3) is 0 Å². The summed E-state index contributed by atoms with van der Waals surface area (Å²) in [6.07, 6.45) is 49.5. The molecule has 0 spiro atoms. The van der Waals surface area contributed by atoms with Crippen molar-refractivity contribution in [1.29, 1.82) is 0 Å². The molecule has 3 heteroatoms.